The van der Waals surface area contributed by atoms with Gasteiger partial charge in [0.1, 0.15) is 11.4 Å². The summed E-state index contributed by atoms with van der Waals surface area (Å²) in [6.45, 7) is 1.36. The molecule has 0 spiro atoms. The first-order chi connectivity index (χ1) is 18.7. The second kappa shape index (κ2) is 10.7. The Balaban J connectivity index is 1.89. The fourth-order valence-corrected chi connectivity index (χ4v) is 3.96. The predicted molar refractivity (Wildman–Crippen MR) is 134 cm³/mol. The van der Waals surface area contributed by atoms with Crippen molar-refractivity contribution in [2.24, 2.45) is 0 Å². The van der Waals surface area contributed by atoms with E-state index < -0.39 is 39.3 Å². The van der Waals surface area contributed by atoms with E-state index in [0.29, 0.717) is 6.26 Å². The molecule has 40 heavy (non-hydrogen) atoms. The smallest absolute Gasteiger partial charge is 0.435 e. The number of hydrogen-bond donors (Lipinski definition) is 1. The molecule has 0 aliphatic rings. The van der Waals surface area contributed by atoms with Gasteiger partial charge in [0.15, 0.2) is 11.5 Å². The van der Waals surface area contributed by atoms with Crippen LogP contribution in [0.2, 0.25) is 5.02 Å². The Morgan fingerprint density at radius 3 is 2.45 bits per heavy atom. The quantitative estimate of drug-likeness (QED) is 0.234. The number of nitrogens with one attached hydrogen (secondary N) is 1. The van der Waals surface area contributed by atoms with Crippen molar-refractivity contribution in [1.29, 1.82) is 0 Å². The summed E-state index contributed by atoms with van der Waals surface area (Å²) in [5, 5.41) is 6.22. The molecule has 17 heteroatoms. The highest BCUT2D eigenvalue weighted by Gasteiger charge is 2.35. The van der Waals surface area contributed by atoms with Gasteiger partial charge in [-0.2, -0.15) is 31.7 Å². The van der Waals surface area contributed by atoms with Gasteiger partial charge in [0.05, 0.1) is 18.4 Å². The molecule has 4 rings (SSSR count). The first-order valence-electron chi connectivity index (χ1n) is 10.9. The van der Waals surface area contributed by atoms with Crippen LogP contribution >= 0.6 is 11.6 Å². The molecule has 1 aromatic carbocycles. The van der Waals surface area contributed by atoms with Crippen molar-refractivity contribution in [2.45, 2.75) is 13.1 Å². The number of rotatable bonds is 7. The number of carbonyl (C=O) groups is 1. The van der Waals surface area contributed by atoms with Crippen LogP contribution in [-0.4, -0.2) is 52.5 Å². The van der Waals surface area contributed by atoms with Crippen molar-refractivity contribution in [3.63, 3.8) is 0 Å². The molecule has 210 valence electrons. The Hall–Kier alpha value is -4.31. The molecule has 3 aromatic heterocycles. The van der Waals surface area contributed by atoms with Gasteiger partial charge in [0, 0.05) is 34.9 Å². The predicted octanol–water partition coefficient (Wildman–Crippen LogP) is 4.71. The average molecular weight is 601 g/mol. The van der Waals surface area contributed by atoms with Crippen LogP contribution in [0, 0.1) is 12.7 Å². The monoisotopic (exact) mass is 600 g/mol. The third-order valence-electron chi connectivity index (χ3n) is 5.13. The van der Waals surface area contributed by atoms with Gasteiger partial charge in [0.25, 0.3) is 0 Å². The van der Waals surface area contributed by atoms with Crippen LogP contribution in [0.5, 0.6) is 5.88 Å². The van der Waals surface area contributed by atoms with Gasteiger partial charge in [-0.15, -0.1) is 0 Å². The van der Waals surface area contributed by atoms with Gasteiger partial charge in [-0.3, -0.25) is 0 Å². The Labute approximate surface area is 228 Å². The molecule has 11 nitrogen and oxygen atoms in total. The number of nitrogens with zero attached hydrogens (tertiary/aromatic N) is 5. The van der Waals surface area contributed by atoms with E-state index >= 15 is 0 Å². The van der Waals surface area contributed by atoms with Crippen molar-refractivity contribution in [1.82, 2.24) is 24.7 Å². The minimum absolute atomic E-state index is 0.0428. The number of anilines is 2. The average Bonchev–Trinajstić information content (AvgIpc) is 3.27. The number of methoxy groups -OCH3 is 1. The molecule has 0 saturated heterocycles. The highest BCUT2D eigenvalue weighted by Crippen LogP contribution is 2.33. The standard InChI is InChI=1S/C23H17ClF4N6O5S/c1-11-6-18(23(26,27)28)33-34(11)19-15(10-30-22(32-19)31-13-4-5-17(25)16(24)8-13)12-7-14(20(38-2)29-9-12)21(35)39-40(3,36)37/h4-10H,1-3H3,(H,30,31,32). The zero-order valence-corrected chi connectivity index (χ0v) is 22.2. The summed E-state index contributed by atoms with van der Waals surface area (Å²) in [6.07, 6.45) is -1.69. The molecule has 0 unspecified atom stereocenters. The van der Waals surface area contributed by atoms with Crippen LogP contribution in [-0.2, 0) is 20.5 Å². The Morgan fingerprint density at radius 1 is 1.12 bits per heavy atom. The number of hydrogen-bond acceptors (Lipinski definition) is 10. The van der Waals surface area contributed by atoms with Crippen LogP contribution in [0.3, 0.4) is 0 Å². The summed E-state index contributed by atoms with van der Waals surface area (Å²) in [7, 11) is -3.02. The molecule has 0 atom stereocenters. The molecule has 0 aliphatic heterocycles. The molecule has 0 aliphatic carbocycles. The number of aryl methyl sites for hydroxylation is 1. The first-order valence-corrected chi connectivity index (χ1v) is 13.1. The largest absolute Gasteiger partial charge is 0.480 e. The zero-order valence-electron chi connectivity index (χ0n) is 20.6. The van der Waals surface area contributed by atoms with E-state index in [-0.39, 0.29) is 45.2 Å². The number of carbonyl (C=O) groups excluding carboxylic acids is 1. The van der Waals surface area contributed by atoms with Gasteiger partial charge >= 0.3 is 22.3 Å². The van der Waals surface area contributed by atoms with E-state index in [1.54, 1.807) is 0 Å². The number of aromatic nitrogens is 5. The highest BCUT2D eigenvalue weighted by atomic mass is 35.5. The number of ether oxygens (including phenoxy) is 1. The number of pyridine rings is 1. The molecule has 4 aromatic rings. The normalized spacial score (nSPS) is 11.8. The molecule has 0 fully saturated rings. The second-order valence-electron chi connectivity index (χ2n) is 8.12. The van der Waals surface area contributed by atoms with Crippen molar-refractivity contribution in [2.75, 3.05) is 18.7 Å². The lowest BCUT2D eigenvalue weighted by Crippen LogP contribution is -2.14. The van der Waals surface area contributed by atoms with E-state index in [2.05, 4.69) is 29.6 Å². The summed E-state index contributed by atoms with van der Waals surface area (Å²) in [5.74, 6) is -2.55. The van der Waals surface area contributed by atoms with Crippen LogP contribution in [0.1, 0.15) is 21.7 Å². The lowest BCUT2D eigenvalue weighted by molar-refractivity contribution is -0.141. The molecular formula is C23H17ClF4N6O5S. The topological polar surface area (TPSA) is 138 Å². The van der Waals surface area contributed by atoms with Crippen molar-refractivity contribution in [3.8, 4) is 22.8 Å². The number of benzene rings is 1. The van der Waals surface area contributed by atoms with Crippen LogP contribution < -0.4 is 10.1 Å². The third kappa shape index (κ3) is 6.28. The molecular weight excluding hydrogens is 584 g/mol. The highest BCUT2D eigenvalue weighted by molar-refractivity contribution is 7.86. The summed E-state index contributed by atoms with van der Waals surface area (Å²) >= 11 is 5.81. The Kier molecular flexibility index (Phi) is 7.67. The number of alkyl halides is 3. The fraction of sp³-hybridized carbons (Fsp3) is 0.174. The maximum absolute atomic E-state index is 13.6. The Bertz CT molecular complexity index is 1730. The van der Waals surface area contributed by atoms with E-state index in [1.165, 1.54) is 38.6 Å². The maximum atomic E-state index is 13.6. The molecule has 0 bridgehead atoms. The van der Waals surface area contributed by atoms with Gasteiger partial charge in [-0.25, -0.2) is 23.8 Å². The van der Waals surface area contributed by atoms with Crippen LogP contribution in [0.25, 0.3) is 16.9 Å². The van der Waals surface area contributed by atoms with E-state index in [1.807, 2.05) is 0 Å². The zero-order chi connectivity index (χ0) is 29.4. The Morgan fingerprint density at radius 2 is 1.85 bits per heavy atom. The minimum atomic E-state index is -4.76. The second-order valence-corrected chi connectivity index (χ2v) is 10.1. The van der Waals surface area contributed by atoms with Crippen molar-refractivity contribution < 1.29 is 39.7 Å². The van der Waals surface area contributed by atoms with Gasteiger partial charge < -0.3 is 14.2 Å². The first kappa shape index (κ1) is 28.7. The molecule has 0 amide bonds. The van der Waals surface area contributed by atoms with E-state index in [9.17, 15) is 30.8 Å². The van der Waals surface area contributed by atoms with Crippen molar-refractivity contribution >= 4 is 39.3 Å². The van der Waals surface area contributed by atoms with Crippen LogP contribution in [0.4, 0.5) is 29.2 Å². The summed E-state index contributed by atoms with van der Waals surface area (Å²) in [5.41, 5.74) is -1.15. The van der Waals surface area contributed by atoms with Gasteiger partial charge in [0.2, 0.25) is 11.8 Å². The van der Waals surface area contributed by atoms with Crippen LogP contribution in [0.15, 0.2) is 42.7 Å². The molecule has 0 saturated carbocycles. The lowest BCUT2D eigenvalue weighted by atomic mass is 10.1. The summed E-state index contributed by atoms with van der Waals surface area (Å²) in [4.78, 5) is 25.0. The third-order valence-corrected chi connectivity index (χ3v) is 5.87. The van der Waals surface area contributed by atoms with Gasteiger partial charge in [-0.1, -0.05) is 11.6 Å². The number of halogens is 5. The maximum Gasteiger partial charge on any atom is 0.435 e. The molecule has 3 heterocycles. The SMILES string of the molecule is COc1ncc(-c2cnc(Nc3ccc(F)c(Cl)c3)nc2-n2nc(C(F)(F)F)cc2C)cc1C(=O)OS(C)(=O)=O. The summed E-state index contributed by atoms with van der Waals surface area (Å²) in [6, 6.07) is 5.64. The van der Waals surface area contributed by atoms with Crippen molar-refractivity contribution in [3.05, 3.63) is 70.5 Å². The van der Waals surface area contributed by atoms with E-state index in [0.717, 1.165) is 22.9 Å². The minimum Gasteiger partial charge on any atom is -0.480 e. The molecule has 0 radical (unpaired) electrons. The van der Waals surface area contributed by atoms with E-state index in [4.69, 9.17) is 16.3 Å². The lowest BCUT2D eigenvalue weighted by Gasteiger charge is -2.14. The fourth-order valence-electron chi connectivity index (χ4n) is 3.42. The molecule has 1 N–H and O–H groups in total. The van der Waals surface area contributed by atoms with Gasteiger partial charge in [-0.05, 0) is 37.3 Å². The summed E-state index contributed by atoms with van der Waals surface area (Å²) < 4.78 is 87.2.